The zero-order valence-corrected chi connectivity index (χ0v) is 14.3. The van der Waals surface area contributed by atoms with Crippen LogP contribution in [0.1, 0.15) is 55.8 Å². The maximum Gasteiger partial charge on any atom is 0.416 e. The van der Waals surface area contributed by atoms with Crippen LogP contribution in [0.4, 0.5) is 13.2 Å². The Morgan fingerprint density at radius 3 is 2.15 bits per heavy atom. The highest BCUT2D eigenvalue weighted by Crippen LogP contribution is 2.29. The topological polar surface area (TPSA) is 78.4 Å². The Morgan fingerprint density at radius 1 is 1.04 bits per heavy atom. The third kappa shape index (κ3) is 6.01. The van der Waals surface area contributed by atoms with Gasteiger partial charge in [-0.1, -0.05) is 37.8 Å². The number of rotatable bonds is 4. The van der Waals surface area contributed by atoms with Gasteiger partial charge in [0.15, 0.2) is 0 Å². The molecule has 1 aromatic rings. The van der Waals surface area contributed by atoms with Crippen LogP contribution in [0, 0.1) is 0 Å². The van der Waals surface area contributed by atoms with Crippen LogP contribution >= 0.6 is 0 Å². The first-order valence-electron chi connectivity index (χ1n) is 8.71. The lowest BCUT2D eigenvalue weighted by Crippen LogP contribution is -2.45. The third-order valence-corrected chi connectivity index (χ3v) is 4.48. The summed E-state index contributed by atoms with van der Waals surface area (Å²) in [5, 5.41) is 15.0. The summed E-state index contributed by atoms with van der Waals surface area (Å²) in [5.74, 6) is -1.61. The van der Waals surface area contributed by atoms with Gasteiger partial charge in [-0.2, -0.15) is 13.2 Å². The molecule has 3 N–H and O–H groups in total. The van der Waals surface area contributed by atoms with E-state index < -0.39 is 29.7 Å². The SMILES string of the molecule is O=C(NCC(O)c1ccc(C(F)(F)F)cc1)C(=O)NC1CCCCCC1. The molecule has 0 saturated heterocycles. The Bertz CT molecular complexity index is 609. The summed E-state index contributed by atoms with van der Waals surface area (Å²) in [6.45, 7) is -0.262. The number of carbonyl (C=O) groups is 2. The number of aliphatic hydroxyl groups is 1. The molecule has 2 rings (SSSR count). The van der Waals surface area contributed by atoms with Gasteiger partial charge in [-0.25, -0.2) is 0 Å². The lowest BCUT2D eigenvalue weighted by molar-refractivity contribution is -0.139. The summed E-state index contributed by atoms with van der Waals surface area (Å²) in [6, 6.07) is 3.99. The van der Waals surface area contributed by atoms with Gasteiger partial charge in [0.2, 0.25) is 0 Å². The second-order valence-corrected chi connectivity index (χ2v) is 6.51. The molecule has 26 heavy (non-hydrogen) atoms. The molecular weight excluding hydrogens is 349 g/mol. The highest BCUT2D eigenvalue weighted by molar-refractivity contribution is 6.35. The molecule has 1 atom stereocenters. The highest BCUT2D eigenvalue weighted by atomic mass is 19.4. The van der Waals surface area contributed by atoms with E-state index in [9.17, 15) is 27.9 Å². The van der Waals surface area contributed by atoms with Gasteiger partial charge in [0.05, 0.1) is 11.7 Å². The van der Waals surface area contributed by atoms with Gasteiger partial charge < -0.3 is 15.7 Å². The Labute approximate surface area is 150 Å². The average Bonchev–Trinajstić information content (AvgIpc) is 2.87. The number of benzene rings is 1. The third-order valence-electron chi connectivity index (χ3n) is 4.48. The van der Waals surface area contributed by atoms with Gasteiger partial charge in [-0.05, 0) is 30.5 Å². The Kier molecular flexibility index (Phi) is 7.02. The zero-order chi connectivity index (χ0) is 19.2. The second-order valence-electron chi connectivity index (χ2n) is 6.51. The van der Waals surface area contributed by atoms with Crippen molar-refractivity contribution in [3.63, 3.8) is 0 Å². The number of aliphatic hydroxyl groups excluding tert-OH is 1. The molecule has 0 heterocycles. The number of halogens is 3. The fourth-order valence-corrected chi connectivity index (χ4v) is 2.96. The van der Waals surface area contributed by atoms with E-state index in [-0.39, 0.29) is 18.2 Å². The molecule has 0 aliphatic heterocycles. The van der Waals surface area contributed by atoms with Crippen LogP contribution in [0.15, 0.2) is 24.3 Å². The van der Waals surface area contributed by atoms with Crippen molar-refractivity contribution in [2.45, 2.75) is 56.8 Å². The van der Waals surface area contributed by atoms with Gasteiger partial charge in [-0.3, -0.25) is 9.59 Å². The van der Waals surface area contributed by atoms with Crippen molar-refractivity contribution in [3.05, 3.63) is 35.4 Å². The summed E-state index contributed by atoms with van der Waals surface area (Å²) in [7, 11) is 0. The van der Waals surface area contributed by atoms with Crippen LogP contribution in [-0.2, 0) is 15.8 Å². The van der Waals surface area contributed by atoms with Gasteiger partial charge in [0.1, 0.15) is 0 Å². The van der Waals surface area contributed by atoms with Crippen molar-refractivity contribution >= 4 is 11.8 Å². The standard InChI is InChI=1S/C18H23F3N2O3/c19-18(20,21)13-9-7-12(8-10-13)15(24)11-22-16(25)17(26)23-14-5-3-1-2-4-6-14/h7-10,14-15,24H,1-6,11H2,(H,22,25)(H,23,26). The van der Waals surface area contributed by atoms with Crippen LogP contribution in [0.3, 0.4) is 0 Å². The summed E-state index contributed by atoms with van der Waals surface area (Å²) >= 11 is 0. The highest BCUT2D eigenvalue weighted by Gasteiger charge is 2.30. The maximum absolute atomic E-state index is 12.5. The van der Waals surface area contributed by atoms with Crippen molar-refractivity contribution in [2.75, 3.05) is 6.54 Å². The number of carbonyl (C=O) groups excluding carboxylic acids is 2. The number of hydrogen-bond acceptors (Lipinski definition) is 3. The van der Waals surface area contributed by atoms with Crippen molar-refractivity contribution in [1.29, 1.82) is 0 Å². The number of alkyl halides is 3. The average molecular weight is 372 g/mol. The van der Waals surface area contributed by atoms with Gasteiger partial charge in [0, 0.05) is 12.6 Å². The summed E-state index contributed by atoms with van der Waals surface area (Å²) < 4.78 is 37.6. The first-order valence-corrected chi connectivity index (χ1v) is 8.71. The molecule has 144 valence electrons. The van der Waals surface area contributed by atoms with E-state index in [4.69, 9.17) is 0 Å². The summed E-state index contributed by atoms with van der Waals surface area (Å²) in [6.07, 6.45) is 0.300. The molecule has 1 aliphatic carbocycles. The van der Waals surface area contributed by atoms with E-state index in [1.54, 1.807) is 0 Å². The van der Waals surface area contributed by atoms with Gasteiger partial charge >= 0.3 is 18.0 Å². The summed E-state index contributed by atoms with van der Waals surface area (Å²) in [4.78, 5) is 23.7. The van der Waals surface area contributed by atoms with Gasteiger partial charge in [0.25, 0.3) is 0 Å². The quantitative estimate of drug-likeness (QED) is 0.562. The Hall–Kier alpha value is -2.09. The van der Waals surface area contributed by atoms with Crippen molar-refractivity contribution in [2.24, 2.45) is 0 Å². The zero-order valence-electron chi connectivity index (χ0n) is 14.3. The van der Waals surface area contributed by atoms with Crippen molar-refractivity contribution in [1.82, 2.24) is 10.6 Å². The van der Waals surface area contributed by atoms with Crippen LogP contribution in [0.25, 0.3) is 0 Å². The van der Waals surface area contributed by atoms with E-state index in [1.807, 2.05) is 0 Å². The fraction of sp³-hybridized carbons (Fsp3) is 0.556. The van der Waals surface area contributed by atoms with Crippen LogP contribution in [0.2, 0.25) is 0 Å². The molecule has 1 saturated carbocycles. The minimum absolute atomic E-state index is 0.0180. The number of hydrogen-bond donors (Lipinski definition) is 3. The van der Waals surface area contributed by atoms with Gasteiger partial charge in [-0.15, -0.1) is 0 Å². The first kappa shape index (κ1) is 20.2. The smallest absolute Gasteiger partial charge is 0.387 e. The lowest BCUT2D eigenvalue weighted by Gasteiger charge is -2.17. The number of amides is 2. The van der Waals surface area contributed by atoms with E-state index in [0.717, 1.165) is 62.8 Å². The van der Waals surface area contributed by atoms with Crippen LogP contribution in [0.5, 0.6) is 0 Å². The van der Waals surface area contributed by atoms with E-state index in [1.165, 1.54) is 0 Å². The monoisotopic (exact) mass is 372 g/mol. The minimum atomic E-state index is -4.45. The first-order chi connectivity index (χ1) is 12.3. The van der Waals surface area contributed by atoms with Crippen LogP contribution in [-0.4, -0.2) is 29.5 Å². The molecule has 0 radical (unpaired) electrons. The maximum atomic E-state index is 12.5. The molecule has 0 spiro atoms. The Balaban J connectivity index is 1.81. The fourth-order valence-electron chi connectivity index (χ4n) is 2.96. The largest absolute Gasteiger partial charge is 0.416 e. The summed E-state index contributed by atoms with van der Waals surface area (Å²) in [5.41, 5.74) is -0.595. The molecule has 0 aromatic heterocycles. The van der Waals surface area contributed by atoms with Crippen LogP contribution < -0.4 is 10.6 Å². The number of nitrogens with one attached hydrogen (secondary N) is 2. The van der Waals surface area contributed by atoms with E-state index >= 15 is 0 Å². The molecule has 1 aromatic carbocycles. The predicted octanol–water partition coefficient (Wildman–Crippen LogP) is 2.69. The molecule has 1 aliphatic rings. The van der Waals surface area contributed by atoms with Crippen molar-refractivity contribution < 1.29 is 27.9 Å². The second kappa shape index (κ2) is 9.02. The van der Waals surface area contributed by atoms with E-state index in [0.29, 0.717) is 0 Å². The minimum Gasteiger partial charge on any atom is -0.387 e. The normalized spacial score (nSPS) is 17.2. The molecule has 2 amide bonds. The molecule has 1 unspecified atom stereocenters. The molecule has 8 heteroatoms. The molecular formula is C18H23F3N2O3. The molecule has 1 fully saturated rings. The van der Waals surface area contributed by atoms with E-state index in [2.05, 4.69) is 10.6 Å². The Morgan fingerprint density at radius 2 is 1.62 bits per heavy atom. The molecule has 5 nitrogen and oxygen atoms in total. The predicted molar refractivity (Wildman–Crippen MR) is 89.0 cm³/mol. The molecule has 0 bridgehead atoms. The lowest BCUT2D eigenvalue weighted by atomic mass is 10.1. The van der Waals surface area contributed by atoms with Crippen molar-refractivity contribution in [3.8, 4) is 0 Å².